The molecule has 9 heteroatoms. The van der Waals surface area contributed by atoms with E-state index < -0.39 is 16.1 Å². The summed E-state index contributed by atoms with van der Waals surface area (Å²) in [4.78, 5) is 24.5. The van der Waals surface area contributed by atoms with E-state index in [0.717, 1.165) is 30.4 Å². The predicted octanol–water partition coefficient (Wildman–Crippen LogP) is 6.65. The van der Waals surface area contributed by atoms with Crippen molar-refractivity contribution < 1.29 is 27.3 Å². The lowest BCUT2D eigenvalue weighted by molar-refractivity contribution is -0.137. The number of amides is 1. The molecule has 3 fully saturated rings. The lowest BCUT2D eigenvalue weighted by atomic mass is 9.44. The first-order chi connectivity index (χ1) is 19.1. The van der Waals surface area contributed by atoms with E-state index in [4.69, 9.17) is 9.29 Å². The van der Waals surface area contributed by atoms with Crippen LogP contribution in [0, 0.1) is 23.2 Å². The molecule has 4 atom stereocenters. The van der Waals surface area contributed by atoms with E-state index in [0.29, 0.717) is 35.1 Å². The number of rotatable bonds is 11. The summed E-state index contributed by atoms with van der Waals surface area (Å²) >= 11 is 1.44. The predicted molar refractivity (Wildman–Crippen MR) is 156 cm³/mol. The van der Waals surface area contributed by atoms with Gasteiger partial charge in [-0.3, -0.25) is 9.59 Å². The van der Waals surface area contributed by atoms with Gasteiger partial charge in [0.2, 0.25) is 0 Å². The number of fused-ring (bicyclic) bond motifs is 3. The van der Waals surface area contributed by atoms with Gasteiger partial charge >= 0.3 is 16.1 Å². The van der Waals surface area contributed by atoms with Crippen LogP contribution in [0.2, 0.25) is 0 Å². The summed E-state index contributed by atoms with van der Waals surface area (Å²) in [6, 6.07) is 13.0. The van der Waals surface area contributed by atoms with Crippen molar-refractivity contribution >= 4 is 43.4 Å². The highest BCUT2D eigenvalue weighted by Gasteiger charge is 2.57. The van der Waals surface area contributed by atoms with Gasteiger partial charge in [0.25, 0.3) is 5.91 Å². The summed E-state index contributed by atoms with van der Waals surface area (Å²) in [7, 11) is -3.99. The van der Waals surface area contributed by atoms with Crippen LogP contribution in [0.15, 0.2) is 71.0 Å². The zero-order valence-corrected chi connectivity index (χ0v) is 24.3. The molecule has 0 saturated heterocycles. The van der Waals surface area contributed by atoms with Crippen molar-refractivity contribution in [2.24, 2.45) is 23.2 Å². The number of unbranched alkanes of at least 4 members (excludes halogenated alkanes) is 1. The monoisotopic (exact) mass is 581 g/mol. The minimum Gasteiger partial charge on any atom is -0.481 e. The summed E-state index contributed by atoms with van der Waals surface area (Å²) in [5.41, 5.74) is 0.688. The standard InChI is InChI=1S/C31H35NO6S2/c1-31(2)21-16-20(10-6-3-4-9-13-28(33)34)29(26(31)17-21)32-30(35)25-19-39-27-15-14-22(18-24(25)27)38-40(36,37)23-11-7-5-8-12-23/h3,5-8,11-12,14-15,18-21,26,29H,4,9-10,13,16-17H2,1-2H3,(H,32,35)(H,33,34)/b6-3-/t20-,21-,26-,29+/m0/s1. The Morgan fingerprint density at radius 3 is 2.62 bits per heavy atom. The molecule has 2 aromatic carbocycles. The van der Waals surface area contributed by atoms with Gasteiger partial charge in [-0.15, -0.1) is 11.3 Å². The first-order valence-electron chi connectivity index (χ1n) is 13.7. The van der Waals surface area contributed by atoms with Crippen molar-refractivity contribution in [1.29, 1.82) is 0 Å². The van der Waals surface area contributed by atoms with Crippen molar-refractivity contribution in [2.75, 3.05) is 0 Å². The Morgan fingerprint density at radius 2 is 1.90 bits per heavy atom. The van der Waals surface area contributed by atoms with Gasteiger partial charge in [-0.25, -0.2) is 0 Å². The Bertz CT molecular complexity index is 1530. The second kappa shape index (κ2) is 11.4. The first-order valence-corrected chi connectivity index (χ1v) is 16.0. The third-order valence-electron chi connectivity index (χ3n) is 8.77. The van der Waals surface area contributed by atoms with Gasteiger partial charge in [0, 0.05) is 27.9 Å². The zero-order chi connectivity index (χ0) is 28.5. The van der Waals surface area contributed by atoms with Crippen LogP contribution in [-0.2, 0) is 14.9 Å². The molecule has 1 amide bonds. The lowest BCUT2D eigenvalue weighted by Crippen LogP contribution is -2.63. The van der Waals surface area contributed by atoms with Crippen molar-refractivity contribution in [3.8, 4) is 5.75 Å². The molecule has 3 saturated carbocycles. The fraction of sp³-hybridized carbons (Fsp3) is 0.419. The maximum absolute atomic E-state index is 13.7. The van der Waals surface area contributed by atoms with Crippen LogP contribution in [0.3, 0.4) is 0 Å². The Kier molecular flexibility index (Phi) is 8.06. The summed E-state index contributed by atoms with van der Waals surface area (Å²) in [6.45, 7) is 4.58. The molecule has 0 aliphatic heterocycles. The number of carboxylic acids is 1. The van der Waals surface area contributed by atoms with E-state index in [2.05, 4.69) is 31.3 Å². The molecule has 3 aromatic rings. The molecule has 212 valence electrons. The van der Waals surface area contributed by atoms with Crippen LogP contribution >= 0.6 is 11.3 Å². The minimum atomic E-state index is -3.99. The Hall–Kier alpha value is -3.17. The Balaban J connectivity index is 1.32. The van der Waals surface area contributed by atoms with Crippen LogP contribution in [-0.4, -0.2) is 31.4 Å². The molecule has 2 bridgehead atoms. The molecule has 1 aromatic heterocycles. The van der Waals surface area contributed by atoms with Crippen LogP contribution in [0.1, 0.15) is 62.7 Å². The number of allylic oxidation sites excluding steroid dienone is 2. The zero-order valence-electron chi connectivity index (χ0n) is 22.7. The fourth-order valence-corrected chi connectivity index (χ4v) is 8.22. The number of carboxylic acid groups (broad SMARTS) is 1. The van der Waals surface area contributed by atoms with Crippen LogP contribution in [0.25, 0.3) is 10.1 Å². The van der Waals surface area contributed by atoms with Crippen LogP contribution in [0.5, 0.6) is 5.75 Å². The summed E-state index contributed by atoms with van der Waals surface area (Å²) in [5, 5.41) is 14.7. The second-order valence-corrected chi connectivity index (χ2v) is 14.0. The molecule has 0 unspecified atom stereocenters. The van der Waals surface area contributed by atoms with E-state index in [1.54, 1.807) is 36.4 Å². The highest BCUT2D eigenvalue weighted by atomic mass is 32.2. The third kappa shape index (κ3) is 5.81. The number of hydrogen-bond donors (Lipinski definition) is 2. The molecule has 2 N–H and O–H groups in total. The number of benzene rings is 2. The van der Waals surface area contributed by atoms with E-state index >= 15 is 0 Å². The van der Waals surface area contributed by atoms with Gasteiger partial charge in [0.1, 0.15) is 10.6 Å². The van der Waals surface area contributed by atoms with Gasteiger partial charge in [0.05, 0.1) is 5.56 Å². The molecule has 3 aliphatic rings. The van der Waals surface area contributed by atoms with Gasteiger partial charge in [0.15, 0.2) is 0 Å². The normalized spacial score (nSPS) is 23.6. The summed E-state index contributed by atoms with van der Waals surface area (Å²) in [5.74, 6) is 0.579. The quantitative estimate of drug-likeness (QED) is 0.149. The van der Waals surface area contributed by atoms with Crippen LogP contribution in [0.4, 0.5) is 0 Å². The topological polar surface area (TPSA) is 110 Å². The molecule has 0 spiro atoms. The van der Waals surface area contributed by atoms with E-state index in [-0.39, 0.29) is 34.4 Å². The largest absolute Gasteiger partial charge is 0.481 e. The molecule has 40 heavy (non-hydrogen) atoms. The first kappa shape index (κ1) is 28.4. The molecular formula is C31H35NO6S2. The van der Waals surface area contributed by atoms with E-state index in [9.17, 15) is 18.0 Å². The second-order valence-electron chi connectivity index (χ2n) is 11.5. The maximum Gasteiger partial charge on any atom is 0.339 e. The number of aliphatic carboxylic acids is 1. The molecule has 1 heterocycles. The summed E-state index contributed by atoms with van der Waals surface area (Å²) in [6.07, 6.45) is 8.73. The highest BCUT2D eigenvalue weighted by molar-refractivity contribution is 7.87. The lowest BCUT2D eigenvalue weighted by Gasteiger charge is -2.62. The third-order valence-corrected chi connectivity index (χ3v) is 11.0. The average molecular weight is 582 g/mol. The molecule has 6 rings (SSSR count). The smallest absolute Gasteiger partial charge is 0.339 e. The number of carbonyl (C=O) groups excluding carboxylic acids is 1. The van der Waals surface area contributed by atoms with Crippen molar-refractivity contribution in [3.63, 3.8) is 0 Å². The summed E-state index contributed by atoms with van der Waals surface area (Å²) < 4.78 is 31.8. The Labute approximate surface area is 239 Å². The number of nitrogens with one attached hydrogen (secondary N) is 1. The minimum absolute atomic E-state index is 0.0315. The van der Waals surface area contributed by atoms with Crippen LogP contribution < -0.4 is 9.50 Å². The number of carbonyl (C=O) groups is 2. The molecule has 0 radical (unpaired) electrons. The van der Waals surface area contributed by atoms with Crippen molar-refractivity contribution in [1.82, 2.24) is 5.32 Å². The molecular weight excluding hydrogens is 546 g/mol. The highest BCUT2D eigenvalue weighted by Crippen LogP contribution is 2.61. The number of thiophene rings is 1. The van der Waals surface area contributed by atoms with E-state index in [1.165, 1.54) is 23.5 Å². The average Bonchev–Trinajstić information content (AvgIpc) is 3.34. The van der Waals surface area contributed by atoms with Gasteiger partial charge in [-0.2, -0.15) is 8.42 Å². The molecule has 3 aliphatic carbocycles. The van der Waals surface area contributed by atoms with Crippen molar-refractivity contribution in [2.45, 2.75) is 63.3 Å². The van der Waals surface area contributed by atoms with E-state index in [1.807, 2.05) is 5.38 Å². The number of hydrogen-bond acceptors (Lipinski definition) is 6. The van der Waals surface area contributed by atoms with Gasteiger partial charge in [-0.05, 0) is 85.6 Å². The van der Waals surface area contributed by atoms with Gasteiger partial charge < -0.3 is 14.6 Å². The Morgan fingerprint density at radius 1 is 1.12 bits per heavy atom. The van der Waals surface area contributed by atoms with Gasteiger partial charge in [-0.1, -0.05) is 44.2 Å². The fourth-order valence-electron chi connectivity index (χ4n) is 6.35. The maximum atomic E-state index is 13.7. The molecule has 7 nitrogen and oxygen atoms in total. The van der Waals surface area contributed by atoms with Crippen molar-refractivity contribution in [3.05, 3.63) is 71.6 Å². The SMILES string of the molecule is CC1(C)[C@H]2C[C@H](C/C=C\CCCC(=O)O)[C@@H](NC(=O)c3csc4ccc(OS(=O)(=O)c5ccccc5)cc34)[C@@H]1C2.